The average Bonchev–Trinajstić information content (AvgIpc) is 2.34. The number of hydrogen-bond acceptors (Lipinski definition) is 2. The van der Waals surface area contributed by atoms with Crippen LogP contribution >= 0.6 is 27.5 Å². The summed E-state index contributed by atoms with van der Waals surface area (Å²) in [5.74, 6) is 0.175. The highest BCUT2D eigenvalue weighted by atomic mass is 79.9. The molecule has 0 bridgehead atoms. The largest absolute Gasteiger partial charge is 0.340 e. The molecular formula is C12H14BrClN2O. The number of halogens is 2. The Morgan fingerprint density at radius 3 is 2.76 bits per heavy atom. The van der Waals surface area contributed by atoms with Gasteiger partial charge in [0, 0.05) is 35.7 Å². The molecule has 1 aliphatic rings. The van der Waals surface area contributed by atoms with Crippen LogP contribution in [0.3, 0.4) is 0 Å². The first-order valence-electron chi connectivity index (χ1n) is 5.59. The van der Waals surface area contributed by atoms with Crippen LogP contribution in [0.4, 0.5) is 0 Å². The molecule has 1 aliphatic heterocycles. The zero-order valence-electron chi connectivity index (χ0n) is 9.38. The number of nitrogens with one attached hydrogen (secondary N) is 1. The van der Waals surface area contributed by atoms with Crippen LogP contribution in [0, 0.1) is 0 Å². The van der Waals surface area contributed by atoms with Gasteiger partial charge in [-0.05, 0) is 17.7 Å². The fourth-order valence-electron chi connectivity index (χ4n) is 1.85. The van der Waals surface area contributed by atoms with Gasteiger partial charge in [-0.15, -0.1) is 0 Å². The minimum Gasteiger partial charge on any atom is -0.340 e. The minimum absolute atomic E-state index is 0.175. The maximum Gasteiger partial charge on any atom is 0.227 e. The van der Waals surface area contributed by atoms with Gasteiger partial charge < -0.3 is 10.2 Å². The molecule has 0 spiro atoms. The molecule has 1 N–H and O–H groups in total. The SMILES string of the molecule is O=C(Cc1ccc(Cl)cc1Br)N1CCNCC1. The zero-order chi connectivity index (χ0) is 12.3. The van der Waals surface area contributed by atoms with Crippen LogP contribution < -0.4 is 5.32 Å². The van der Waals surface area contributed by atoms with Gasteiger partial charge in [-0.25, -0.2) is 0 Å². The van der Waals surface area contributed by atoms with Crippen molar-refractivity contribution in [3.63, 3.8) is 0 Å². The van der Waals surface area contributed by atoms with Crippen LogP contribution in [0.5, 0.6) is 0 Å². The summed E-state index contributed by atoms with van der Waals surface area (Å²) < 4.78 is 0.897. The van der Waals surface area contributed by atoms with Crippen LogP contribution in [0.15, 0.2) is 22.7 Å². The van der Waals surface area contributed by atoms with Crippen molar-refractivity contribution in [2.45, 2.75) is 6.42 Å². The highest BCUT2D eigenvalue weighted by molar-refractivity contribution is 9.10. The van der Waals surface area contributed by atoms with Crippen molar-refractivity contribution in [1.29, 1.82) is 0 Å². The molecule has 1 fully saturated rings. The van der Waals surface area contributed by atoms with Gasteiger partial charge in [-0.1, -0.05) is 33.6 Å². The number of rotatable bonds is 2. The van der Waals surface area contributed by atoms with Gasteiger partial charge >= 0.3 is 0 Å². The van der Waals surface area contributed by atoms with E-state index in [2.05, 4.69) is 21.2 Å². The second kappa shape index (κ2) is 5.85. The monoisotopic (exact) mass is 316 g/mol. The normalized spacial score (nSPS) is 16.0. The standard InChI is InChI=1S/C12H14BrClN2O/c13-11-8-10(14)2-1-9(11)7-12(17)16-5-3-15-4-6-16/h1-2,8,15H,3-7H2. The Hall–Kier alpha value is -0.580. The Bertz CT molecular complexity index is 419. The van der Waals surface area contributed by atoms with Crippen molar-refractivity contribution in [2.24, 2.45) is 0 Å². The molecule has 0 aromatic heterocycles. The van der Waals surface area contributed by atoms with Crippen LogP contribution in [0.1, 0.15) is 5.56 Å². The topological polar surface area (TPSA) is 32.3 Å². The Labute approximate surface area is 114 Å². The Balaban J connectivity index is 2.02. The quantitative estimate of drug-likeness (QED) is 0.906. The smallest absolute Gasteiger partial charge is 0.227 e. The van der Waals surface area contributed by atoms with Crippen LogP contribution in [-0.4, -0.2) is 37.0 Å². The zero-order valence-corrected chi connectivity index (χ0v) is 11.7. The molecule has 92 valence electrons. The minimum atomic E-state index is 0.175. The summed E-state index contributed by atoms with van der Waals surface area (Å²) in [7, 11) is 0. The van der Waals surface area contributed by atoms with E-state index in [4.69, 9.17) is 11.6 Å². The Kier molecular flexibility index (Phi) is 4.42. The second-order valence-corrected chi connectivity index (χ2v) is 5.33. The lowest BCUT2D eigenvalue weighted by atomic mass is 10.1. The summed E-state index contributed by atoms with van der Waals surface area (Å²) in [6, 6.07) is 5.53. The van der Waals surface area contributed by atoms with Crippen molar-refractivity contribution in [1.82, 2.24) is 10.2 Å². The summed E-state index contributed by atoms with van der Waals surface area (Å²) in [6.07, 6.45) is 0.428. The molecule has 1 aromatic carbocycles. The van der Waals surface area contributed by atoms with E-state index in [1.807, 2.05) is 23.1 Å². The molecule has 1 amide bonds. The van der Waals surface area contributed by atoms with Gasteiger partial charge in [-0.2, -0.15) is 0 Å². The van der Waals surface area contributed by atoms with Crippen molar-refractivity contribution >= 4 is 33.4 Å². The van der Waals surface area contributed by atoms with Gasteiger partial charge in [0.2, 0.25) is 5.91 Å². The Morgan fingerprint density at radius 1 is 1.41 bits per heavy atom. The van der Waals surface area contributed by atoms with E-state index in [9.17, 15) is 4.79 Å². The van der Waals surface area contributed by atoms with Crippen LogP contribution in [0.2, 0.25) is 5.02 Å². The summed E-state index contributed by atoms with van der Waals surface area (Å²) in [5, 5.41) is 3.91. The molecule has 0 aliphatic carbocycles. The van der Waals surface area contributed by atoms with Crippen molar-refractivity contribution in [2.75, 3.05) is 26.2 Å². The number of benzene rings is 1. The van der Waals surface area contributed by atoms with Gasteiger partial charge in [0.25, 0.3) is 0 Å². The number of carbonyl (C=O) groups is 1. The van der Waals surface area contributed by atoms with E-state index in [1.54, 1.807) is 0 Å². The molecule has 17 heavy (non-hydrogen) atoms. The predicted octanol–water partition coefficient (Wildman–Crippen LogP) is 2.08. The van der Waals surface area contributed by atoms with Gasteiger partial charge in [0.15, 0.2) is 0 Å². The third-order valence-corrected chi connectivity index (χ3v) is 3.80. The molecule has 0 atom stereocenters. The molecule has 3 nitrogen and oxygen atoms in total. The first-order chi connectivity index (χ1) is 8.16. The van der Waals surface area contributed by atoms with E-state index < -0.39 is 0 Å². The highest BCUT2D eigenvalue weighted by Crippen LogP contribution is 2.22. The van der Waals surface area contributed by atoms with E-state index >= 15 is 0 Å². The van der Waals surface area contributed by atoms with Crippen molar-refractivity contribution in [3.8, 4) is 0 Å². The summed E-state index contributed by atoms with van der Waals surface area (Å²) >= 11 is 9.30. The van der Waals surface area contributed by atoms with E-state index in [1.165, 1.54) is 0 Å². The lowest BCUT2D eigenvalue weighted by Gasteiger charge is -2.27. The number of nitrogens with zero attached hydrogens (tertiary/aromatic N) is 1. The van der Waals surface area contributed by atoms with Gasteiger partial charge in [0.05, 0.1) is 6.42 Å². The highest BCUT2D eigenvalue weighted by Gasteiger charge is 2.17. The molecule has 1 heterocycles. The maximum atomic E-state index is 12.0. The molecule has 0 saturated carbocycles. The number of amides is 1. The predicted molar refractivity (Wildman–Crippen MR) is 72.3 cm³/mol. The fourth-order valence-corrected chi connectivity index (χ4v) is 2.68. The fraction of sp³-hybridized carbons (Fsp3) is 0.417. The van der Waals surface area contributed by atoms with E-state index in [-0.39, 0.29) is 5.91 Å². The molecule has 2 rings (SSSR count). The van der Waals surface area contributed by atoms with Crippen molar-refractivity contribution < 1.29 is 4.79 Å². The number of carbonyl (C=O) groups excluding carboxylic acids is 1. The Morgan fingerprint density at radius 2 is 2.12 bits per heavy atom. The molecule has 1 saturated heterocycles. The second-order valence-electron chi connectivity index (χ2n) is 4.04. The molecule has 0 unspecified atom stereocenters. The lowest BCUT2D eigenvalue weighted by molar-refractivity contribution is -0.131. The summed E-state index contributed by atoms with van der Waals surface area (Å²) in [5.41, 5.74) is 0.984. The average molecular weight is 318 g/mol. The summed E-state index contributed by atoms with van der Waals surface area (Å²) in [6.45, 7) is 3.36. The maximum absolute atomic E-state index is 12.0. The third kappa shape index (κ3) is 3.44. The van der Waals surface area contributed by atoms with E-state index in [0.717, 1.165) is 36.2 Å². The first kappa shape index (κ1) is 12.9. The number of hydrogen-bond donors (Lipinski definition) is 1. The lowest BCUT2D eigenvalue weighted by Crippen LogP contribution is -2.46. The van der Waals surface area contributed by atoms with Gasteiger partial charge in [0.1, 0.15) is 0 Å². The first-order valence-corrected chi connectivity index (χ1v) is 6.76. The molecule has 5 heteroatoms. The molecule has 0 radical (unpaired) electrons. The van der Waals surface area contributed by atoms with E-state index in [0.29, 0.717) is 11.4 Å². The summed E-state index contributed by atoms with van der Waals surface area (Å²) in [4.78, 5) is 13.9. The van der Waals surface area contributed by atoms with Crippen LogP contribution in [-0.2, 0) is 11.2 Å². The molecule has 1 aromatic rings. The number of piperazine rings is 1. The van der Waals surface area contributed by atoms with Crippen molar-refractivity contribution in [3.05, 3.63) is 33.3 Å². The van der Waals surface area contributed by atoms with Gasteiger partial charge in [-0.3, -0.25) is 4.79 Å². The third-order valence-electron chi connectivity index (χ3n) is 2.83. The molecular weight excluding hydrogens is 304 g/mol. The van der Waals surface area contributed by atoms with Crippen LogP contribution in [0.25, 0.3) is 0 Å².